The molecule has 0 atom stereocenters. The molecule has 63 heavy (non-hydrogen) atoms. The van der Waals surface area contributed by atoms with Crippen LogP contribution in [0.3, 0.4) is 0 Å². The van der Waals surface area contributed by atoms with Crippen LogP contribution in [0.25, 0.3) is 127 Å². The maximum atomic E-state index is 6.51. The highest BCUT2D eigenvalue weighted by molar-refractivity contribution is 7.26. The van der Waals surface area contributed by atoms with Crippen LogP contribution in [0, 0.1) is 0 Å². The standard InChI is InChI=1S/C55H32N6OS/c1-4-16-33(17-5-1)48-51-49(40-24-12-15-27-46(40)63-51)57-54(56-48)36-28-30-43(41(32-36)55-59-52(34-18-6-2-7-19-34)58-53(60-55)35-20-8-3-9-21-35)61-42-25-13-10-22-37(42)38-29-31-45-47(50(38)61)39-23-11-14-26-44(39)62-45/h1-32H. The molecule has 7 nitrogen and oxygen atoms in total. The molecule has 0 aliphatic carbocycles. The Kier molecular flexibility index (Phi) is 7.94. The molecule has 0 amide bonds. The van der Waals surface area contributed by atoms with Gasteiger partial charge in [0, 0.05) is 54.1 Å². The van der Waals surface area contributed by atoms with Gasteiger partial charge in [-0.1, -0.05) is 146 Å². The van der Waals surface area contributed by atoms with E-state index in [9.17, 15) is 0 Å². The number of benzene rings is 8. The predicted octanol–water partition coefficient (Wildman–Crippen LogP) is 14.4. The Balaban J connectivity index is 1.15. The van der Waals surface area contributed by atoms with Crippen molar-refractivity contribution < 1.29 is 4.42 Å². The molecule has 0 spiro atoms. The summed E-state index contributed by atoms with van der Waals surface area (Å²) < 4.78 is 11.1. The van der Waals surface area contributed by atoms with Crippen LogP contribution in [0.4, 0.5) is 0 Å². The van der Waals surface area contributed by atoms with E-state index in [4.69, 9.17) is 29.3 Å². The van der Waals surface area contributed by atoms with Gasteiger partial charge < -0.3 is 8.98 Å². The first-order chi connectivity index (χ1) is 31.2. The van der Waals surface area contributed by atoms with E-state index in [0.717, 1.165) is 98.5 Å². The lowest BCUT2D eigenvalue weighted by molar-refractivity contribution is 0.669. The number of hydrogen-bond donors (Lipinski definition) is 0. The molecule has 0 unspecified atom stereocenters. The highest BCUT2D eigenvalue weighted by Gasteiger charge is 2.24. The summed E-state index contributed by atoms with van der Waals surface area (Å²) in [6.45, 7) is 0. The lowest BCUT2D eigenvalue weighted by Crippen LogP contribution is -2.04. The first-order valence-corrected chi connectivity index (χ1v) is 21.7. The average Bonchev–Trinajstić information content (AvgIpc) is 4.04. The van der Waals surface area contributed by atoms with E-state index in [-0.39, 0.29) is 0 Å². The molecule has 0 aliphatic heterocycles. The fourth-order valence-electron chi connectivity index (χ4n) is 9.01. The van der Waals surface area contributed by atoms with Gasteiger partial charge in [0.25, 0.3) is 0 Å². The second kappa shape index (κ2) is 14.1. The zero-order chi connectivity index (χ0) is 41.4. The fraction of sp³-hybridized carbons (Fsp3) is 0. The van der Waals surface area contributed by atoms with E-state index in [1.54, 1.807) is 11.3 Å². The van der Waals surface area contributed by atoms with Crippen molar-refractivity contribution in [2.24, 2.45) is 0 Å². The minimum atomic E-state index is 0.528. The molecule has 0 bridgehead atoms. The Morgan fingerprint density at radius 1 is 0.413 bits per heavy atom. The summed E-state index contributed by atoms with van der Waals surface area (Å²) in [5, 5.41) is 5.46. The summed E-state index contributed by atoms with van der Waals surface area (Å²) in [6, 6.07) is 66.7. The third kappa shape index (κ3) is 5.69. The second-order valence-electron chi connectivity index (χ2n) is 15.6. The van der Waals surface area contributed by atoms with Crippen molar-refractivity contribution in [2.75, 3.05) is 0 Å². The van der Waals surface area contributed by atoms with Gasteiger partial charge >= 0.3 is 0 Å². The van der Waals surface area contributed by atoms with E-state index in [1.165, 1.54) is 4.70 Å². The average molecular weight is 825 g/mol. The minimum absolute atomic E-state index is 0.528. The van der Waals surface area contributed by atoms with E-state index < -0.39 is 0 Å². The lowest BCUT2D eigenvalue weighted by atomic mass is 10.0. The van der Waals surface area contributed by atoms with Crippen molar-refractivity contribution >= 4 is 75.4 Å². The zero-order valence-corrected chi connectivity index (χ0v) is 34.3. The minimum Gasteiger partial charge on any atom is -0.456 e. The molecule has 13 aromatic rings. The smallest absolute Gasteiger partial charge is 0.166 e. The van der Waals surface area contributed by atoms with Crippen LogP contribution < -0.4 is 0 Å². The topological polar surface area (TPSA) is 82.5 Å². The van der Waals surface area contributed by atoms with Gasteiger partial charge in [-0.15, -0.1) is 11.3 Å². The molecule has 0 saturated heterocycles. The third-order valence-electron chi connectivity index (χ3n) is 11.9. The molecular weight excluding hydrogens is 793 g/mol. The van der Waals surface area contributed by atoms with E-state index in [2.05, 4.69) is 120 Å². The first-order valence-electron chi connectivity index (χ1n) is 20.8. The summed E-state index contributed by atoms with van der Waals surface area (Å²) in [6.07, 6.45) is 0. The number of rotatable bonds is 6. The van der Waals surface area contributed by atoms with Crippen molar-refractivity contribution in [3.05, 3.63) is 194 Å². The van der Waals surface area contributed by atoms with Gasteiger partial charge in [0.1, 0.15) is 11.2 Å². The zero-order valence-electron chi connectivity index (χ0n) is 33.5. The quantitative estimate of drug-likeness (QED) is 0.166. The van der Waals surface area contributed by atoms with Crippen LogP contribution in [-0.4, -0.2) is 29.5 Å². The summed E-state index contributed by atoms with van der Waals surface area (Å²) in [4.78, 5) is 26.5. The van der Waals surface area contributed by atoms with Crippen LogP contribution >= 0.6 is 11.3 Å². The number of fused-ring (bicyclic) bond motifs is 10. The van der Waals surface area contributed by atoms with Gasteiger partial charge in [-0.3, -0.25) is 0 Å². The molecule has 0 radical (unpaired) electrons. The van der Waals surface area contributed by atoms with E-state index in [1.807, 2.05) is 78.9 Å². The molecule has 294 valence electrons. The number of furan rings is 1. The van der Waals surface area contributed by atoms with Crippen LogP contribution in [0.1, 0.15) is 0 Å². The van der Waals surface area contributed by atoms with Gasteiger partial charge in [0.2, 0.25) is 0 Å². The molecule has 0 aliphatic rings. The maximum absolute atomic E-state index is 6.51. The molecule has 0 saturated carbocycles. The Labute approximate surface area is 364 Å². The molecule has 13 rings (SSSR count). The van der Waals surface area contributed by atoms with Crippen LogP contribution in [0.15, 0.2) is 199 Å². The Morgan fingerprint density at radius 3 is 1.76 bits per heavy atom. The Morgan fingerprint density at radius 2 is 1.02 bits per heavy atom. The molecule has 0 fully saturated rings. The van der Waals surface area contributed by atoms with E-state index >= 15 is 0 Å². The number of para-hydroxylation sites is 2. The van der Waals surface area contributed by atoms with Crippen molar-refractivity contribution in [2.45, 2.75) is 0 Å². The van der Waals surface area contributed by atoms with Gasteiger partial charge in [-0.25, -0.2) is 24.9 Å². The molecule has 8 heteroatoms. The molecular formula is C55H32N6OS. The molecule has 5 heterocycles. The highest BCUT2D eigenvalue weighted by Crippen LogP contribution is 2.44. The normalized spacial score (nSPS) is 11.8. The van der Waals surface area contributed by atoms with Crippen LogP contribution in [0.5, 0.6) is 0 Å². The SMILES string of the molecule is c1ccc(-c2nc(-c3ccccc3)nc(-c3cc(-c4nc(-c5ccccc5)c5sc6ccccc6c5n4)ccc3-n3c4ccccc4c4ccc5oc6ccccc6c5c43)n2)cc1. The van der Waals surface area contributed by atoms with Gasteiger partial charge in [-0.05, 0) is 48.5 Å². The number of thiophene rings is 1. The Bertz CT molecular complexity index is 3860. The summed E-state index contributed by atoms with van der Waals surface area (Å²) in [7, 11) is 0. The van der Waals surface area contributed by atoms with Gasteiger partial charge in [0.15, 0.2) is 23.3 Å². The Hall–Kier alpha value is -8.33. The van der Waals surface area contributed by atoms with Crippen LogP contribution in [-0.2, 0) is 0 Å². The van der Waals surface area contributed by atoms with Gasteiger partial charge in [0.05, 0.1) is 38.0 Å². The van der Waals surface area contributed by atoms with Crippen molar-refractivity contribution in [1.82, 2.24) is 29.5 Å². The second-order valence-corrected chi connectivity index (χ2v) is 16.6. The fourth-order valence-corrected chi connectivity index (χ4v) is 10.2. The number of hydrogen-bond acceptors (Lipinski definition) is 7. The summed E-state index contributed by atoms with van der Waals surface area (Å²) in [5.74, 6) is 2.30. The van der Waals surface area contributed by atoms with Crippen LogP contribution in [0.2, 0.25) is 0 Å². The summed E-state index contributed by atoms with van der Waals surface area (Å²) in [5.41, 5.74) is 10.9. The van der Waals surface area contributed by atoms with E-state index in [0.29, 0.717) is 23.3 Å². The molecule has 8 aromatic carbocycles. The number of aromatic nitrogens is 6. The highest BCUT2D eigenvalue weighted by atomic mass is 32.1. The largest absolute Gasteiger partial charge is 0.456 e. The predicted molar refractivity (Wildman–Crippen MR) is 257 cm³/mol. The number of nitrogens with zero attached hydrogens (tertiary/aromatic N) is 6. The molecule has 5 aromatic heterocycles. The molecule has 0 N–H and O–H groups in total. The lowest BCUT2D eigenvalue weighted by Gasteiger charge is -2.16. The maximum Gasteiger partial charge on any atom is 0.166 e. The van der Waals surface area contributed by atoms with Crippen molar-refractivity contribution in [3.8, 4) is 62.5 Å². The van der Waals surface area contributed by atoms with Crippen molar-refractivity contribution in [3.63, 3.8) is 0 Å². The monoisotopic (exact) mass is 824 g/mol. The van der Waals surface area contributed by atoms with Crippen molar-refractivity contribution in [1.29, 1.82) is 0 Å². The third-order valence-corrected chi connectivity index (χ3v) is 13.0. The summed E-state index contributed by atoms with van der Waals surface area (Å²) >= 11 is 1.73. The first kappa shape index (κ1) is 35.4. The van der Waals surface area contributed by atoms with Gasteiger partial charge in [-0.2, -0.15) is 0 Å².